The van der Waals surface area contributed by atoms with E-state index in [1.807, 2.05) is 12.1 Å². The monoisotopic (exact) mass is 237 g/mol. The zero-order valence-electron chi connectivity index (χ0n) is 10.1. The number of likely N-dealkylation sites (tertiary alicyclic amines) is 1. The summed E-state index contributed by atoms with van der Waals surface area (Å²) in [6.07, 6.45) is 4.40. The molecule has 1 heterocycles. The van der Waals surface area contributed by atoms with Crippen molar-refractivity contribution in [1.29, 1.82) is 0 Å². The zero-order chi connectivity index (χ0) is 12.1. The van der Waals surface area contributed by atoms with Crippen molar-refractivity contribution in [3.05, 3.63) is 35.6 Å². The fourth-order valence-corrected chi connectivity index (χ4v) is 2.58. The summed E-state index contributed by atoms with van der Waals surface area (Å²) in [5, 5.41) is 8.87. The molecule has 94 valence electrons. The van der Waals surface area contributed by atoms with Crippen LogP contribution in [0.1, 0.15) is 31.2 Å². The highest BCUT2D eigenvalue weighted by Gasteiger charge is 2.23. The molecule has 0 aliphatic carbocycles. The molecule has 0 saturated carbocycles. The fraction of sp³-hybridized carbons (Fsp3) is 0.571. The third-order valence-electron chi connectivity index (χ3n) is 3.49. The fourth-order valence-electron chi connectivity index (χ4n) is 2.58. The van der Waals surface area contributed by atoms with Gasteiger partial charge in [-0.15, -0.1) is 0 Å². The predicted octanol–water partition coefficient (Wildman–Crippen LogP) is 2.56. The summed E-state index contributed by atoms with van der Waals surface area (Å²) in [5.41, 5.74) is 1.17. The molecular weight excluding hydrogens is 217 g/mol. The van der Waals surface area contributed by atoms with Crippen molar-refractivity contribution in [2.45, 2.75) is 38.3 Å². The van der Waals surface area contributed by atoms with Gasteiger partial charge in [0.15, 0.2) is 0 Å². The van der Waals surface area contributed by atoms with E-state index in [9.17, 15) is 4.39 Å². The molecule has 1 aliphatic rings. The number of hydrogen-bond donors (Lipinski definition) is 1. The van der Waals surface area contributed by atoms with Gasteiger partial charge in [0.25, 0.3) is 0 Å². The van der Waals surface area contributed by atoms with Crippen LogP contribution >= 0.6 is 0 Å². The molecular formula is C14H20FNO. The zero-order valence-corrected chi connectivity index (χ0v) is 10.1. The predicted molar refractivity (Wildman–Crippen MR) is 66.2 cm³/mol. The maximum absolute atomic E-state index is 12.8. The summed E-state index contributed by atoms with van der Waals surface area (Å²) in [6, 6.07) is 7.35. The lowest BCUT2D eigenvalue weighted by Gasteiger charge is -2.24. The standard InChI is InChI=1S/C14H20FNO/c15-13-7-5-12(6-8-13)11-16-9-1-3-14(16)4-2-10-17/h5-8,14,17H,1-4,9-11H2. The molecule has 1 atom stereocenters. The van der Waals surface area contributed by atoms with Gasteiger partial charge in [-0.1, -0.05) is 12.1 Å². The first-order valence-electron chi connectivity index (χ1n) is 6.39. The number of hydrogen-bond acceptors (Lipinski definition) is 2. The number of halogens is 1. The van der Waals surface area contributed by atoms with Crippen molar-refractivity contribution in [2.75, 3.05) is 13.2 Å². The van der Waals surface area contributed by atoms with Crippen molar-refractivity contribution in [1.82, 2.24) is 4.90 Å². The van der Waals surface area contributed by atoms with Gasteiger partial charge < -0.3 is 5.11 Å². The van der Waals surface area contributed by atoms with E-state index in [0.717, 1.165) is 25.9 Å². The topological polar surface area (TPSA) is 23.5 Å². The number of benzene rings is 1. The van der Waals surface area contributed by atoms with Gasteiger partial charge in [-0.3, -0.25) is 4.90 Å². The second kappa shape index (κ2) is 6.12. The Kier molecular flexibility index (Phi) is 4.51. The molecule has 17 heavy (non-hydrogen) atoms. The van der Waals surface area contributed by atoms with Crippen molar-refractivity contribution in [3.8, 4) is 0 Å². The highest BCUT2D eigenvalue weighted by atomic mass is 19.1. The SMILES string of the molecule is OCCCC1CCCN1Cc1ccc(F)cc1. The van der Waals surface area contributed by atoms with Crippen LogP contribution in [0.25, 0.3) is 0 Å². The summed E-state index contributed by atoms with van der Waals surface area (Å²) in [5.74, 6) is -0.174. The lowest BCUT2D eigenvalue weighted by Crippen LogP contribution is -2.29. The van der Waals surface area contributed by atoms with E-state index >= 15 is 0 Å². The number of aliphatic hydroxyl groups excluding tert-OH is 1. The molecule has 1 aromatic carbocycles. The molecule has 1 fully saturated rings. The molecule has 1 aromatic rings. The van der Waals surface area contributed by atoms with E-state index in [1.54, 1.807) is 0 Å². The van der Waals surface area contributed by atoms with Crippen molar-refractivity contribution < 1.29 is 9.50 Å². The number of aliphatic hydroxyl groups is 1. The van der Waals surface area contributed by atoms with Gasteiger partial charge in [0.05, 0.1) is 0 Å². The van der Waals surface area contributed by atoms with Crippen LogP contribution in [0, 0.1) is 5.82 Å². The van der Waals surface area contributed by atoms with E-state index in [1.165, 1.54) is 30.5 Å². The van der Waals surface area contributed by atoms with Crippen LogP contribution in [0.4, 0.5) is 4.39 Å². The van der Waals surface area contributed by atoms with E-state index in [-0.39, 0.29) is 12.4 Å². The van der Waals surface area contributed by atoms with Gasteiger partial charge in [0.2, 0.25) is 0 Å². The largest absolute Gasteiger partial charge is 0.396 e. The van der Waals surface area contributed by atoms with Crippen LogP contribution in [-0.2, 0) is 6.54 Å². The average molecular weight is 237 g/mol. The average Bonchev–Trinajstić information content (AvgIpc) is 2.77. The third-order valence-corrected chi connectivity index (χ3v) is 3.49. The first kappa shape index (κ1) is 12.5. The number of rotatable bonds is 5. The maximum Gasteiger partial charge on any atom is 0.123 e. The molecule has 1 aliphatic heterocycles. The second-order valence-electron chi connectivity index (χ2n) is 4.76. The van der Waals surface area contributed by atoms with Crippen LogP contribution in [0.15, 0.2) is 24.3 Å². The van der Waals surface area contributed by atoms with Gasteiger partial charge in [-0.05, 0) is 49.9 Å². The smallest absolute Gasteiger partial charge is 0.123 e. The van der Waals surface area contributed by atoms with Crippen LogP contribution in [0.5, 0.6) is 0 Å². The van der Waals surface area contributed by atoms with Crippen molar-refractivity contribution in [2.24, 2.45) is 0 Å². The molecule has 0 aromatic heterocycles. The Labute approximate surface area is 102 Å². The molecule has 3 heteroatoms. The number of nitrogens with zero attached hydrogens (tertiary/aromatic N) is 1. The Morgan fingerprint density at radius 1 is 1.29 bits per heavy atom. The highest BCUT2D eigenvalue weighted by molar-refractivity contribution is 5.16. The molecule has 1 N–H and O–H groups in total. The normalized spacial score (nSPS) is 20.9. The van der Waals surface area contributed by atoms with Crippen LogP contribution < -0.4 is 0 Å². The van der Waals surface area contributed by atoms with Gasteiger partial charge in [-0.2, -0.15) is 0 Å². The lowest BCUT2D eigenvalue weighted by atomic mass is 10.1. The summed E-state index contributed by atoms with van der Waals surface area (Å²) < 4.78 is 12.8. The quantitative estimate of drug-likeness (QED) is 0.850. The summed E-state index contributed by atoms with van der Waals surface area (Å²) in [6.45, 7) is 2.30. The van der Waals surface area contributed by atoms with Crippen LogP contribution in [0.2, 0.25) is 0 Å². The molecule has 0 bridgehead atoms. The molecule has 0 spiro atoms. The second-order valence-corrected chi connectivity index (χ2v) is 4.76. The summed E-state index contributed by atoms with van der Waals surface area (Å²) in [7, 11) is 0. The summed E-state index contributed by atoms with van der Waals surface area (Å²) in [4.78, 5) is 2.45. The molecule has 2 rings (SSSR count). The van der Waals surface area contributed by atoms with Gasteiger partial charge in [-0.25, -0.2) is 4.39 Å². The first-order chi connectivity index (χ1) is 8.29. The minimum absolute atomic E-state index is 0.174. The lowest BCUT2D eigenvalue weighted by molar-refractivity contribution is 0.210. The maximum atomic E-state index is 12.8. The summed E-state index contributed by atoms with van der Waals surface area (Å²) >= 11 is 0. The highest BCUT2D eigenvalue weighted by Crippen LogP contribution is 2.23. The minimum atomic E-state index is -0.174. The molecule has 1 unspecified atom stereocenters. The Morgan fingerprint density at radius 3 is 2.76 bits per heavy atom. The Hall–Kier alpha value is -0.930. The molecule has 1 saturated heterocycles. The van der Waals surface area contributed by atoms with E-state index in [2.05, 4.69) is 4.90 Å². The first-order valence-corrected chi connectivity index (χ1v) is 6.39. The van der Waals surface area contributed by atoms with Gasteiger partial charge in [0, 0.05) is 19.2 Å². The third kappa shape index (κ3) is 3.51. The van der Waals surface area contributed by atoms with Crippen molar-refractivity contribution >= 4 is 0 Å². The van der Waals surface area contributed by atoms with Crippen LogP contribution in [-0.4, -0.2) is 29.2 Å². The van der Waals surface area contributed by atoms with E-state index in [0.29, 0.717) is 6.04 Å². The van der Waals surface area contributed by atoms with Gasteiger partial charge >= 0.3 is 0 Å². The molecule has 2 nitrogen and oxygen atoms in total. The Bertz CT molecular complexity index is 339. The Balaban J connectivity index is 1.90. The molecule has 0 radical (unpaired) electrons. The van der Waals surface area contributed by atoms with Gasteiger partial charge in [0.1, 0.15) is 5.82 Å². The van der Waals surface area contributed by atoms with E-state index in [4.69, 9.17) is 5.11 Å². The van der Waals surface area contributed by atoms with Crippen LogP contribution in [0.3, 0.4) is 0 Å². The molecule has 0 amide bonds. The van der Waals surface area contributed by atoms with Crippen molar-refractivity contribution in [3.63, 3.8) is 0 Å². The van der Waals surface area contributed by atoms with E-state index < -0.39 is 0 Å². The Morgan fingerprint density at radius 2 is 2.06 bits per heavy atom. The minimum Gasteiger partial charge on any atom is -0.396 e.